The molecule has 4 N–H and O–H groups in total. The Bertz CT molecular complexity index is 364. The van der Waals surface area contributed by atoms with Crippen molar-refractivity contribution in [3.05, 3.63) is 29.3 Å². The Morgan fingerprint density at radius 1 is 1.22 bits per heavy atom. The van der Waals surface area contributed by atoms with Crippen LogP contribution in [0.1, 0.15) is 56.2 Å². The molecule has 3 nitrogen and oxygen atoms in total. The van der Waals surface area contributed by atoms with Gasteiger partial charge in [-0.2, -0.15) is 0 Å². The Morgan fingerprint density at radius 2 is 1.94 bits per heavy atom. The van der Waals surface area contributed by atoms with Crippen molar-refractivity contribution < 1.29 is 4.74 Å². The molecule has 3 heteroatoms. The maximum atomic E-state index is 6.26. The van der Waals surface area contributed by atoms with Gasteiger partial charge in [-0.1, -0.05) is 32.4 Å². The number of nitrogens with two attached hydrogens (primary N) is 2. The quantitative estimate of drug-likeness (QED) is 0.731. The van der Waals surface area contributed by atoms with E-state index in [2.05, 4.69) is 26.0 Å². The molecule has 0 saturated carbocycles. The van der Waals surface area contributed by atoms with E-state index in [1.54, 1.807) is 7.11 Å². The van der Waals surface area contributed by atoms with E-state index < -0.39 is 0 Å². The first-order valence-corrected chi connectivity index (χ1v) is 6.73. The van der Waals surface area contributed by atoms with E-state index in [0.29, 0.717) is 5.92 Å². The van der Waals surface area contributed by atoms with E-state index in [1.165, 1.54) is 5.56 Å². The first-order chi connectivity index (χ1) is 8.60. The maximum absolute atomic E-state index is 6.26. The summed E-state index contributed by atoms with van der Waals surface area (Å²) in [7, 11) is 1.69. The van der Waals surface area contributed by atoms with Crippen molar-refractivity contribution in [1.82, 2.24) is 0 Å². The first-order valence-electron chi connectivity index (χ1n) is 6.73. The van der Waals surface area contributed by atoms with Crippen LogP contribution in [0.15, 0.2) is 18.2 Å². The molecule has 18 heavy (non-hydrogen) atoms. The molecule has 1 atom stereocenters. The number of unbranched alkanes of at least 4 members (excludes halogenated alkanes) is 1. The summed E-state index contributed by atoms with van der Waals surface area (Å²) >= 11 is 0. The average molecular weight is 250 g/mol. The zero-order valence-corrected chi connectivity index (χ0v) is 11.8. The number of methoxy groups -OCH3 is 1. The van der Waals surface area contributed by atoms with Gasteiger partial charge in [0.25, 0.3) is 0 Å². The number of hydrogen-bond acceptors (Lipinski definition) is 3. The van der Waals surface area contributed by atoms with E-state index >= 15 is 0 Å². The monoisotopic (exact) mass is 250 g/mol. The molecular formula is C15H26N2O. The molecule has 0 amide bonds. The minimum Gasteiger partial charge on any atom is -0.496 e. The maximum Gasteiger partial charge on any atom is 0.123 e. The highest BCUT2D eigenvalue weighted by Gasteiger charge is 2.13. The predicted molar refractivity (Wildman–Crippen MR) is 76.9 cm³/mol. The number of hydrogen-bond donors (Lipinski definition) is 2. The molecule has 1 aromatic carbocycles. The predicted octanol–water partition coefficient (Wildman–Crippen LogP) is 2.95. The molecule has 0 radical (unpaired) electrons. The molecule has 102 valence electrons. The molecular weight excluding hydrogens is 224 g/mol. The standard InChI is InChI=1S/C15H26N2O/c1-11(2)12-7-8-15(18-3)13(10-12)14(17)6-4-5-9-16/h7-8,10-11,14H,4-6,9,16-17H2,1-3H3/t14-/m0/s1. The molecule has 0 aromatic heterocycles. The van der Waals surface area contributed by atoms with Gasteiger partial charge in [0.15, 0.2) is 0 Å². The van der Waals surface area contributed by atoms with Crippen molar-refractivity contribution in [2.24, 2.45) is 11.5 Å². The molecule has 0 aliphatic rings. The van der Waals surface area contributed by atoms with Crippen LogP contribution >= 0.6 is 0 Å². The van der Waals surface area contributed by atoms with Crippen molar-refractivity contribution in [1.29, 1.82) is 0 Å². The summed E-state index contributed by atoms with van der Waals surface area (Å²) < 4.78 is 5.40. The average Bonchev–Trinajstić information content (AvgIpc) is 2.38. The third-order valence-electron chi connectivity index (χ3n) is 3.29. The largest absolute Gasteiger partial charge is 0.496 e. The molecule has 0 spiro atoms. The number of benzene rings is 1. The van der Waals surface area contributed by atoms with Gasteiger partial charge in [-0.25, -0.2) is 0 Å². The Labute approximate surface area is 111 Å². The van der Waals surface area contributed by atoms with Gasteiger partial charge in [0.05, 0.1) is 7.11 Å². The van der Waals surface area contributed by atoms with Gasteiger partial charge in [0.1, 0.15) is 5.75 Å². The van der Waals surface area contributed by atoms with Crippen LogP contribution in [0.3, 0.4) is 0 Å². The van der Waals surface area contributed by atoms with Crippen molar-refractivity contribution >= 4 is 0 Å². The summed E-state index contributed by atoms with van der Waals surface area (Å²) in [6.07, 6.45) is 3.04. The second-order valence-electron chi connectivity index (χ2n) is 5.05. The molecule has 1 rings (SSSR count). The van der Waals surface area contributed by atoms with Crippen LogP contribution < -0.4 is 16.2 Å². The van der Waals surface area contributed by atoms with Crippen molar-refractivity contribution in [3.63, 3.8) is 0 Å². The molecule has 0 saturated heterocycles. The fourth-order valence-corrected chi connectivity index (χ4v) is 2.07. The zero-order valence-electron chi connectivity index (χ0n) is 11.8. The highest BCUT2D eigenvalue weighted by atomic mass is 16.5. The molecule has 0 aliphatic heterocycles. The fourth-order valence-electron chi connectivity index (χ4n) is 2.07. The van der Waals surface area contributed by atoms with Gasteiger partial charge >= 0.3 is 0 Å². The van der Waals surface area contributed by atoms with Crippen LogP contribution in [-0.2, 0) is 0 Å². The Kier molecular flexibility index (Phi) is 6.16. The summed E-state index contributed by atoms with van der Waals surface area (Å²) in [4.78, 5) is 0. The third kappa shape index (κ3) is 4.00. The van der Waals surface area contributed by atoms with Crippen molar-refractivity contribution in [2.45, 2.75) is 45.1 Å². The van der Waals surface area contributed by atoms with Crippen LogP contribution in [-0.4, -0.2) is 13.7 Å². The van der Waals surface area contributed by atoms with Gasteiger partial charge in [-0.3, -0.25) is 0 Å². The molecule has 1 aromatic rings. The summed E-state index contributed by atoms with van der Waals surface area (Å²) in [6.45, 7) is 5.10. The Morgan fingerprint density at radius 3 is 2.50 bits per heavy atom. The minimum absolute atomic E-state index is 0.0326. The lowest BCUT2D eigenvalue weighted by atomic mass is 9.95. The topological polar surface area (TPSA) is 61.3 Å². The molecule has 0 fully saturated rings. The molecule has 0 bridgehead atoms. The van der Waals surface area contributed by atoms with E-state index in [0.717, 1.165) is 37.1 Å². The second kappa shape index (κ2) is 7.39. The normalized spacial score (nSPS) is 12.8. The Hall–Kier alpha value is -1.06. The fraction of sp³-hybridized carbons (Fsp3) is 0.600. The Balaban J connectivity index is 2.85. The lowest BCUT2D eigenvalue weighted by Gasteiger charge is -2.18. The van der Waals surface area contributed by atoms with E-state index in [9.17, 15) is 0 Å². The van der Waals surface area contributed by atoms with Crippen LogP contribution in [0.2, 0.25) is 0 Å². The van der Waals surface area contributed by atoms with Gasteiger partial charge in [0, 0.05) is 11.6 Å². The highest BCUT2D eigenvalue weighted by molar-refractivity contribution is 5.40. The van der Waals surface area contributed by atoms with Crippen molar-refractivity contribution in [2.75, 3.05) is 13.7 Å². The molecule has 0 aliphatic carbocycles. The lowest BCUT2D eigenvalue weighted by molar-refractivity contribution is 0.403. The summed E-state index contributed by atoms with van der Waals surface area (Å²) in [5, 5.41) is 0. The van der Waals surface area contributed by atoms with Gasteiger partial charge in [-0.05, 0) is 36.9 Å². The highest BCUT2D eigenvalue weighted by Crippen LogP contribution is 2.30. The zero-order chi connectivity index (χ0) is 13.5. The summed E-state index contributed by atoms with van der Waals surface area (Å²) in [5.74, 6) is 1.39. The smallest absolute Gasteiger partial charge is 0.123 e. The molecule has 0 unspecified atom stereocenters. The van der Waals surface area contributed by atoms with Crippen LogP contribution in [0.4, 0.5) is 0 Å². The van der Waals surface area contributed by atoms with Gasteiger partial charge in [0.2, 0.25) is 0 Å². The first kappa shape index (κ1) is 15.0. The minimum atomic E-state index is 0.0326. The van der Waals surface area contributed by atoms with E-state index in [1.807, 2.05) is 6.07 Å². The lowest BCUT2D eigenvalue weighted by Crippen LogP contribution is -2.13. The van der Waals surface area contributed by atoms with E-state index in [-0.39, 0.29) is 6.04 Å². The van der Waals surface area contributed by atoms with Crippen LogP contribution in [0, 0.1) is 0 Å². The molecule has 0 heterocycles. The van der Waals surface area contributed by atoms with E-state index in [4.69, 9.17) is 16.2 Å². The summed E-state index contributed by atoms with van der Waals surface area (Å²) in [5.41, 5.74) is 14.2. The second-order valence-corrected chi connectivity index (χ2v) is 5.05. The van der Waals surface area contributed by atoms with Gasteiger partial charge in [-0.15, -0.1) is 0 Å². The number of rotatable bonds is 7. The summed E-state index contributed by atoms with van der Waals surface area (Å²) in [6, 6.07) is 6.34. The van der Waals surface area contributed by atoms with Crippen LogP contribution in [0.25, 0.3) is 0 Å². The van der Waals surface area contributed by atoms with Crippen LogP contribution in [0.5, 0.6) is 5.75 Å². The SMILES string of the molecule is COc1ccc(C(C)C)cc1[C@@H](N)CCCCN. The van der Waals surface area contributed by atoms with Crippen molar-refractivity contribution in [3.8, 4) is 5.75 Å². The van der Waals surface area contributed by atoms with Gasteiger partial charge < -0.3 is 16.2 Å². The third-order valence-corrected chi connectivity index (χ3v) is 3.29. The number of ether oxygens (including phenoxy) is 1.